The summed E-state index contributed by atoms with van der Waals surface area (Å²) >= 11 is 0. The van der Waals surface area contributed by atoms with Gasteiger partial charge in [-0.15, -0.1) is 0 Å². The van der Waals surface area contributed by atoms with Gasteiger partial charge in [0, 0.05) is 49.5 Å². The van der Waals surface area contributed by atoms with E-state index in [4.69, 9.17) is 19.0 Å². The zero-order valence-corrected chi connectivity index (χ0v) is 36.1. The van der Waals surface area contributed by atoms with Crippen LogP contribution in [0.2, 0.25) is 5.04 Å². The Morgan fingerprint density at radius 2 is 1.43 bits per heavy atom. The van der Waals surface area contributed by atoms with Crippen molar-refractivity contribution >= 4 is 36.4 Å². The highest BCUT2D eigenvalue weighted by Crippen LogP contribution is 2.38. The fraction of sp³-hybridized carbons (Fsp3) is 0.333. The van der Waals surface area contributed by atoms with Gasteiger partial charge in [-0.1, -0.05) is 99.6 Å². The number of aliphatic hydroxyl groups excluding tert-OH is 1. The number of piperidine rings is 1. The molecule has 1 heterocycles. The predicted molar refractivity (Wildman–Crippen MR) is 239 cm³/mol. The number of nitrogens with one attached hydrogen (secondary N) is 3. The second kappa shape index (κ2) is 21.1. The van der Waals surface area contributed by atoms with Crippen molar-refractivity contribution in [1.29, 1.82) is 0 Å². The number of rotatable bonds is 19. The van der Waals surface area contributed by atoms with E-state index in [-0.39, 0.29) is 41.6 Å². The average Bonchev–Trinajstić information content (AvgIpc) is 3.26. The number of amides is 2. The molecule has 61 heavy (non-hydrogen) atoms. The van der Waals surface area contributed by atoms with Crippen LogP contribution in [0.1, 0.15) is 44.7 Å². The molecule has 0 saturated carbocycles. The van der Waals surface area contributed by atoms with Gasteiger partial charge in [-0.3, -0.25) is 0 Å². The van der Waals surface area contributed by atoms with Gasteiger partial charge in [-0.25, -0.2) is 14.0 Å². The standard InChI is InChI=1S/C48H57FN4O7Si/c1-48(2,3)61(43-10-6-4-7-11-43,44-12-8-5-9-13-44)60-41-22-20-40(21-23-41)58-33-39(54)32-50-27-24-35-14-17-37(18-15-35)52-38-25-28-53(29-26-38)47(57)51-31-36-16-19-42(30-45(36)49)59-34-46(55)56/h4-23,30,38-39,50,52,54H,24-29,31-34H2,1-3H3,(H,51,57)(H,55,56)/t39-/m0/s1. The first-order valence-corrected chi connectivity index (χ1v) is 22.7. The Bertz CT molecular complexity index is 2110. The summed E-state index contributed by atoms with van der Waals surface area (Å²) in [6, 6.07) is 41.1. The third kappa shape index (κ3) is 12.3. The fourth-order valence-electron chi connectivity index (χ4n) is 7.60. The number of benzene rings is 5. The highest BCUT2D eigenvalue weighted by Gasteiger charge is 2.52. The van der Waals surface area contributed by atoms with Crippen LogP contribution in [0.4, 0.5) is 14.9 Å². The van der Waals surface area contributed by atoms with Crippen LogP contribution in [0.25, 0.3) is 0 Å². The lowest BCUT2D eigenvalue weighted by atomic mass is 10.0. The molecule has 0 aliphatic carbocycles. The number of carbonyl (C=O) groups excluding carboxylic acids is 1. The molecule has 0 unspecified atom stereocenters. The molecule has 13 heteroatoms. The Balaban J connectivity index is 0.876. The minimum atomic E-state index is -2.74. The Labute approximate surface area is 359 Å². The van der Waals surface area contributed by atoms with Crippen LogP contribution in [0.3, 0.4) is 0 Å². The van der Waals surface area contributed by atoms with E-state index in [9.17, 15) is 19.1 Å². The molecular weight excluding hydrogens is 792 g/mol. The monoisotopic (exact) mass is 848 g/mol. The second-order valence-corrected chi connectivity index (χ2v) is 20.6. The van der Waals surface area contributed by atoms with Crippen molar-refractivity contribution in [2.75, 3.05) is 44.7 Å². The number of aliphatic hydroxyl groups is 1. The molecule has 5 aromatic carbocycles. The van der Waals surface area contributed by atoms with Crippen molar-refractivity contribution in [3.8, 4) is 17.2 Å². The molecule has 322 valence electrons. The summed E-state index contributed by atoms with van der Waals surface area (Å²) in [6.07, 6.45) is 1.68. The molecule has 5 aromatic rings. The number of hydrogen-bond acceptors (Lipinski definition) is 8. The Kier molecular flexibility index (Phi) is 15.4. The predicted octanol–water partition coefficient (Wildman–Crippen LogP) is 6.59. The molecule has 11 nitrogen and oxygen atoms in total. The number of aliphatic carboxylic acids is 1. The third-order valence-electron chi connectivity index (χ3n) is 10.8. The van der Waals surface area contributed by atoms with Crippen LogP contribution in [0.15, 0.2) is 127 Å². The smallest absolute Gasteiger partial charge is 0.341 e. The minimum absolute atomic E-state index is 0.0108. The number of anilines is 1. The molecule has 0 bridgehead atoms. The van der Waals surface area contributed by atoms with E-state index >= 15 is 0 Å². The van der Waals surface area contributed by atoms with Gasteiger partial charge in [-0.05, 0) is 89.2 Å². The van der Waals surface area contributed by atoms with Crippen LogP contribution in [0.5, 0.6) is 17.2 Å². The number of carboxylic acids is 1. The number of hydrogen-bond donors (Lipinski definition) is 5. The van der Waals surface area contributed by atoms with E-state index in [1.165, 1.54) is 28.1 Å². The topological polar surface area (TPSA) is 142 Å². The molecule has 1 atom stereocenters. The summed E-state index contributed by atoms with van der Waals surface area (Å²) < 4.78 is 32.5. The number of ether oxygens (including phenoxy) is 2. The zero-order valence-electron chi connectivity index (χ0n) is 35.1. The van der Waals surface area contributed by atoms with Crippen molar-refractivity contribution in [3.05, 3.63) is 144 Å². The molecule has 1 aliphatic rings. The lowest BCUT2D eigenvalue weighted by molar-refractivity contribution is -0.139. The fourth-order valence-corrected chi connectivity index (χ4v) is 12.0. The van der Waals surface area contributed by atoms with Crippen molar-refractivity contribution in [2.45, 2.75) is 63.8 Å². The summed E-state index contributed by atoms with van der Waals surface area (Å²) in [4.78, 5) is 25.2. The van der Waals surface area contributed by atoms with Gasteiger partial charge < -0.3 is 45.0 Å². The number of carbonyl (C=O) groups is 2. The number of urea groups is 1. The molecule has 0 aromatic heterocycles. The van der Waals surface area contributed by atoms with Crippen LogP contribution < -0.4 is 40.2 Å². The summed E-state index contributed by atoms with van der Waals surface area (Å²) in [5.74, 6) is -0.166. The minimum Gasteiger partial charge on any atom is -0.534 e. The van der Waals surface area contributed by atoms with Crippen LogP contribution >= 0.6 is 0 Å². The first-order chi connectivity index (χ1) is 29.4. The maximum atomic E-state index is 14.4. The van der Waals surface area contributed by atoms with Crippen molar-refractivity contribution in [3.63, 3.8) is 0 Å². The quantitative estimate of drug-likeness (QED) is 0.0460. The SMILES string of the molecule is CC(C)(C)[Si](Oc1ccc(OC[C@@H](O)CNCCc2ccc(NC3CCN(C(=O)NCc4ccc(OCC(=O)O)cc4F)CC3)cc2)cc1)(c1ccccc1)c1ccccc1. The van der Waals surface area contributed by atoms with Crippen LogP contribution in [-0.2, 0) is 17.8 Å². The van der Waals surface area contributed by atoms with Gasteiger partial charge >= 0.3 is 20.3 Å². The number of halogens is 1. The second-order valence-electron chi connectivity index (χ2n) is 16.4. The van der Waals surface area contributed by atoms with Gasteiger partial charge in [-0.2, -0.15) is 0 Å². The van der Waals surface area contributed by atoms with E-state index in [1.807, 2.05) is 36.4 Å². The summed E-state index contributed by atoms with van der Waals surface area (Å²) in [7, 11) is -2.74. The Hall–Kier alpha value is -5.89. The first kappa shape index (κ1) is 44.7. The maximum absolute atomic E-state index is 14.4. The number of likely N-dealkylation sites (tertiary alicyclic amines) is 1. The summed E-state index contributed by atoms with van der Waals surface area (Å²) in [5, 5.41) is 31.3. The van der Waals surface area contributed by atoms with E-state index in [1.54, 1.807) is 4.90 Å². The molecule has 6 rings (SSSR count). The van der Waals surface area contributed by atoms with Gasteiger partial charge in [0.25, 0.3) is 0 Å². The molecule has 2 amide bonds. The average molecular weight is 849 g/mol. The molecular formula is C48H57FN4O7Si. The van der Waals surface area contributed by atoms with E-state index in [0.29, 0.717) is 31.9 Å². The van der Waals surface area contributed by atoms with Gasteiger partial charge in [0.1, 0.15) is 35.8 Å². The number of nitrogens with zero attached hydrogens (tertiary/aromatic N) is 1. The van der Waals surface area contributed by atoms with Crippen molar-refractivity contribution in [1.82, 2.24) is 15.5 Å². The molecule has 0 spiro atoms. The number of carboxylic acid groups (broad SMARTS) is 1. The third-order valence-corrected chi connectivity index (χ3v) is 15.8. The molecule has 5 N–H and O–H groups in total. The Morgan fingerprint density at radius 3 is 2.02 bits per heavy atom. The highest BCUT2D eigenvalue weighted by atomic mass is 28.4. The lowest BCUT2D eigenvalue weighted by Gasteiger charge is -2.43. The first-order valence-electron chi connectivity index (χ1n) is 20.8. The van der Waals surface area contributed by atoms with Crippen molar-refractivity contribution < 1.29 is 38.1 Å². The zero-order chi connectivity index (χ0) is 43.2. The molecule has 1 aliphatic heterocycles. The lowest BCUT2D eigenvalue weighted by Crippen LogP contribution is -2.68. The van der Waals surface area contributed by atoms with E-state index < -0.39 is 32.8 Å². The summed E-state index contributed by atoms with van der Waals surface area (Å²) in [5.41, 5.74) is 2.47. The van der Waals surface area contributed by atoms with Gasteiger partial charge in [0.05, 0.1) is 0 Å². The van der Waals surface area contributed by atoms with Crippen LogP contribution in [0, 0.1) is 5.82 Å². The van der Waals surface area contributed by atoms with E-state index in [2.05, 4.69) is 110 Å². The molecule has 1 saturated heterocycles. The largest absolute Gasteiger partial charge is 0.534 e. The normalized spacial score (nSPS) is 13.9. The molecule has 1 fully saturated rings. The maximum Gasteiger partial charge on any atom is 0.341 e. The van der Waals surface area contributed by atoms with Gasteiger partial charge in [0.2, 0.25) is 0 Å². The highest BCUT2D eigenvalue weighted by molar-refractivity contribution is 7.00. The van der Waals surface area contributed by atoms with Crippen LogP contribution in [-0.4, -0.2) is 87.0 Å². The van der Waals surface area contributed by atoms with E-state index in [0.717, 1.165) is 36.8 Å². The van der Waals surface area contributed by atoms with Crippen molar-refractivity contribution in [2.24, 2.45) is 0 Å². The summed E-state index contributed by atoms with van der Waals surface area (Å²) in [6.45, 7) is 8.63. The Morgan fingerprint density at radius 1 is 0.820 bits per heavy atom. The molecule has 0 radical (unpaired) electrons. The van der Waals surface area contributed by atoms with Gasteiger partial charge in [0.15, 0.2) is 6.61 Å².